The summed E-state index contributed by atoms with van der Waals surface area (Å²) in [5.74, 6) is 0.690. The molecule has 2 aromatic rings. The Bertz CT molecular complexity index is 489. The van der Waals surface area contributed by atoms with E-state index in [1.807, 2.05) is 0 Å². The predicted molar refractivity (Wildman–Crippen MR) is 71.1 cm³/mol. The zero-order valence-corrected chi connectivity index (χ0v) is 10.7. The van der Waals surface area contributed by atoms with E-state index in [9.17, 15) is 0 Å². The van der Waals surface area contributed by atoms with Crippen LogP contribution in [0.2, 0.25) is 0 Å². The van der Waals surface area contributed by atoms with Gasteiger partial charge in [0, 0.05) is 17.1 Å². The quantitative estimate of drug-likeness (QED) is 0.764. The lowest BCUT2D eigenvalue weighted by molar-refractivity contribution is 0.646. The van der Waals surface area contributed by atoms with E-state index in [2.05, 4.69) is 51.0 Å². The maximum Gasteiger partial charge on any atom is 0.0486 e. The Morgan fingerprint density at radius 3 is 2.44 bits per heavy atom. The highest BCUT2D eigenvalue weighted by Gasteiger charge is 2.13. The minimum atomic E-state index is 0.690. The fourth-order valence-electron chi connectivity index (χ4n) is 2.68. The fourth-order valence-corrected chi connectivity index (χ4v) is 2.68. The summed E-state index contributed by atoms with van der Waals surface area (Å²) >= 11 is 0. The van der Waals surface area contributed by atoms with Crippen LogP contribution in [0, 0.1) is 13.8 Å². The molecule has 0 atom stereocenters. The average Bonchev–Trinajstić information content (AvgIpc) is 2.64. The van der Waals surface area contributed by atoms with Crippen molar-refractivity contribution >= 4 is 10.9 Å². The molecule has 0 unspecified atom stereocenters. The van der Waals surface area contributed by atoms with Crippen molar-refractivity contribution in [2.45, 2.75) is 46.5 Å². The third-order valence-corrected chi connectivity index (χ3v) is 3.59. The third kappa shape index (κ3) is 1.75. The van der Waals surface area contributed by atoms with Crippen LogP contribution in [0.5, 0.6) is 0 Å². The molecule has 0 saturated carbocycles. The molecule has 0 amide bonds. The average molecular weight is 215 g/mol. The Hall–Kier alpha value is -1.24. The SMILES string of the molecule is CCC(CC)c1c[nH]c2c(C)cc(C)cc12. The molecule has 0 bridgehead atoms. The van der Waals surface area contributed by atoms with Crippen LogP contribution in [0.3, 0.4) is 0 Å². The van der Waals surface area contributed by atoms with Crippen molar-refractivity contribution in [1.29, 1.82) is 0 Å². The van der Waals surface area contributed by atoms with Gasteiger partial charge in [-0.2, -0.15) is 0 Å². The molecule has 16 heavy (non-hydrogen) atoms. The van der Waals surface area contributed by atoms with Gasteiger partial charge in [-0.1, -0.05) is 25.5 Å². The summed E-state index contributed by atoms with van der Waals surface area (Å²) in [4.78, 5) is 3.43. The summed E-state index contributed by atoms with van der Waals surface area (Å²) in [5.41, 5.74) is 5.52. The van der Waals surface area contributed by atoms with Gasteiger partial charge in [-0.25, -0.2) is 0 Å². The number of hydrogen-bond donors (Lipinski definition) is 1. The van der Waals surface area contributed by atoms with Crippen molar-refractivity contribution < 1.29 is 0 Å². The van der Waals surface area contributed by atoms with Gasteiger partial charge >= 0.3 is 0 Å². The summed E-state index contributed by atoms with van der Waals surface area (Å²) in [7, 11) is 0. The van der Waals surface area contributed by atoms with E-state index in [0.717, 1.165) is 0 Å². The lowest BCUT2D eigenvalue weighted by Crippen LogP contribution is -1.93. The monoisotopic (exact) mass is 215 g/mol. The zero-order chi connectivity index (χ0) is 11.7. The molecule has 0 radical (unpaired) electrons. The third-order valence-electron chi connectivity index (χ3n) is 3.59. The Balaban J connectivity index is 2.63. The molecule has 0 aliphatic carbocycles. The Labute approximate surface area is 97.9 Å². The summed E-state index contributed by atoms with van der Waals surface area (Å²) in [5, 5.41) is 1.42. The summed E-state index contributed by atoms with van der Waals surface area (Å²) in [6.45, 7) is 8.91. The van der Waals surface area contributed by atoms with E-state index in [1.54, 1.807) is 0 Å². The second kappa shape index (κ2) is 4.32. The van der Waals surface area contributed by atoms with Gasteiger partial charge in [0.2, 0.25) is 0 Å². The standard InChI is InChI=1S/C15H21N/c1-5-12(6-2)14-9-16-15-11(4)7-10(3)8-13(14)15/h7-9,12,16H,5-6H2,1-4H3. The summed E-state index contributed by atoms with van der Waals surface area (Å²) in [6, 6.07) is 4.56. The van der Waals surface area contributed by atoms with E-state index in [4.69, 9.17) is 0 Å². The molecule has 1 aromatic heterocycles. The molecule has 2 rings (SSSR count). The minimum absolute atomic E-state index is 0.690. The van der Waals surface area contributed by atoms with Crippen molar-refractivity contribution in [2.75, 3.05) is 0 Å². The second-order valence-electron chi connectivity index (χ2n) is 4.76. The Kier molecular flexibility index (Phi) is 3.04. The molecule has 0 aliphatic rings. The van der Waals surface area contributed by atoms with Crippen LogP contribution in [-0.4, -0.2) is 4.98 Å². The van der Waals surface area contributed by atoms with E-state index in [-0.39, 0.29) is 0 Å². The molecular formula is C15H21N. The van der Waals surface area contributed by atoms with Crippen LogP contribution in [0.1, 0.15) is 49.3 Å². The molecule has 1 heteroatoms. The molecular weight excluding hydrogens is 194 g/mol. The number of aromatic nitrogens is 1. The summed E-state index contributed by atoms with van der Waals surface area (Å²) < 4.78 is 0. The normalized spacial score (nSPS) is 11.6. The van der Waals surface area contributed by atoms with Gasteiger partial charge in [-0.3, -0.25) is 0 Å². The van der Waals surface area contributed by atoms with Gasteiger partial charge in [0.15, 0.2) is 0 Å². The van der Waals surface area contributed by atoms with Gasteiger partial charge < -0.3 is 4.98 Å². The highest BCUT2D eigenvalue weighted by molar-refractivity contribution is 5.87. The number of benzene rings is 1. The summed E-state index contributed by atoms with van der Waals surface area (Å²) in [6.07, 6.45) is 4.64. The first-order chi connectivity index (χ1) is 7.67. The molecule has 0 fully saturated rings. The molecule has 1 nitrogen and oxygen atoms in total. The first kappa shape index (κ1) is 11.3. The lowest BCUT2D eigenvalue weighted by Gasteiger charge is -2.11. The highest BCUT2D eigenvalue weighted by atomic mass is 14.7. The van der Waals surface area contributed by atoms with Gasteiger partial charge in [0.25, 0.3) is 0 Å². The van der Waals surface area contributed by atoms with E-state index < -0.39 is 0 Å². The highest BCUT2D eigenvalue weighted by Crippen LogP contribution is 2.31. The Morgan fingerprint density at radius 2 is 1.81 bits per heavy atom. The predicted octanol–water partition coefficient (Wildman–Crippen LogP) is 4.69. The zero-order valence-electron chi connectivity index (χ0n) is 10.7. The van der Waals surface area contributed by atoms with Crippen LogP contribution in [-0.2, 0) is 0 Å². The maximum atomic E-state index is 3.43. The van der Waals surface area contributed by atoms with Gasteiger partial charge in [-0.15, -0.1) is 0 Å². The number of H-pyrrole nitrogens is 1. The fraction of sp³-hybridized carbons (Fsp3) is 0.467. The maximum absolute atomic E-state index is 3.43. The lowest BCUT2D eigenvalue weighted by atomic mass is 9.92. The molecule has 86 valence electrons. The molecule has 1 aromatic carbocycles. The van der Waals surface area contributed by atoms with Crippen LogP contribution in [0.15, 0.2) is 18.3 Å². The van der Waals surface area contributed by atoms with Gasteiger partial charge in [0.05, 0.1) is 0 Å². The minimum Gasteiger partial charge on any atom is -0.361 e. The molecule has 0 aliphatic heterocycles. The van der Waals surface area contributed by atoms with Crippen LogP contribution >= 0.6 is 0 Å². The van der Waals surface area contributed by atoms with Crippen molar-refractivity contribution in [3.63, 3.8) is 0 Å². The Morgan fingerprint density at radius 1 is 1.12 bits per heavy atom. The molecule has 0 saturated heterocycles. The number of rotatable bonds is 3. The van der Waals surface area contributed by atoms with Crippen LogP contribution in [0.25, 0.3) is 10.9 Å². The first-order valence-electron chi connectivity index (χ1n) is 6.25. The topological polar surface area (TPSA) is 15.8 Å². The van der Waals surface area contributed by atoms with E-state index in [0.29, 0.717) is 5.92 Å². The second-order valence-corrected chi connectivity index (χ2v) is 4.76. The number of nitrogens with one attached hydrogen (secondary N) is 1. The molecule has 1 heterocycles. The number of fused-ring (bicyclic) bond motifs is 1. The van der Waals surface area contributed by atoms with E-state index >= 15 is 0 Å². The van der Waals surface area contributed by atoms with E-state index in [1.165, 1.54) is 40.4 Å². The van der Waals surface area contributed by atoms with Gasteiger partial charge in [0.1, 0.15) is 0 Å². The molecule has 1 N–H and O–H groups in total. The molecule has 0 spiro atoms. The first-order valence-corrected chi connectivity index (χ1v) is 6.25. The van der Waals surface area contributed by atoms with Crippen molar-refractivity contribution in [3.05, 3.63) is 35.0 Å². The van der Waals surface area contributed by atoms with Crippen LogP contribution < -0.4 is 0 Å². The largest absolute Gasteiger partial charge is 0.361 e. The number of hydrogen-bond acceptors (Lipinski definition) is 0. The van der Waals surface area contributed by atoms with Crippen molar-refractivity contribution in [1.82, 2.24) is 4.98 Å². The smallest absolute Gasteiger partial charge is 0.0486 e. The van der Waals surface area contributed by atoms with Crippen molar-refractivity contribution in [2.24, 2.45) is 0 Å². The number of aryl methyl sites for hydroxylation is 2. The van der Waals surface area contributed by atoms with Gasteiger partial charge in [-0.05, 0) is 49.8 Å². The van der Waals surface area contributed by atoms with Crippen LogP contribution in [0.4, 0.5) is 0 Å². The number of aromatic amines is 1. The van der Waals surface area contributed by atoms with Crippen molar-refractivity contribution in [3.8, 4) is 0 Å².